The highest BCUT2D eigenvalue weighted by molar-refractivity contribution is 7.85. The summed E-state index contributed by atoms with van der Waals surface area (Å²) in [6.45, 7) is 0. The minimum Gasteiger partial charge on any atom is -0.309 e. The van der Waals surface area contributed by atoms with Crippen molar-refractivity contribution in [2.75, 3.05) is 0 Å². The molecule has 0 saturated heterocycles. The van der Waals surface area contributed by atoms with Crippen molar-refractivity contribution < 1.29 is 4.57 Å². The molecule has 0 aliphatic heterocycles. The second-order valence-corrected chi connectivity index (χ2v) is 12.1. The Hall–Kier alpha value is -4.66. The maximum absolute atomic E-state index is 14.6. The first-order valence-corrected chi connectivity index (χ1v) is 14.3. The SMILES string of the molecule is O=P(c1ccccc1)(c1ccccc1)c1ccc(-n2cc(-n3c4ccccc4c4ccccc43)cn2)cc1. The largest absolute Gasteiger partial charge is 0.309 e. The third-order valence-electron chi connectivity index (χ3n) is 7.12. The second kappa shape index (κ2) is 9.02. The molecule has 0 saturated carbocycles. The van der Waals surface area contributed by atoms with Crippen LogP contribution in [0, 0.1) is 0 Å². The Morgan fingerprint density at radius 1 is 0.500 bits per heavy atom. The fourth-order valence-electron chi connectivity index (χ4n) is 5.31. The number of hydrogen-bond donors (Lipinski definition) is 0. The van der Waals surface area contributed by atoms with Gasteiger partial charge in [-0.3, -0.25) is 0 Å². The van der Waals surface area contributed by atoms with Gasteiger partial charge in [-0.05, 0) is 36.4 Å². The van der Waals surface area contributed by atoms with Crippen LogP contribution in [0.5, 0.6) is 0 Å². The molecule has 5 heteroatoms. The van der Waals surface area contributed by atoms with Gasteiger partial charge in [0.15, 0.2) is 7.14 Å². The lowest BCUT2D eigenvalue weighted by Gasteiger charge is -2.20. The van der Waals surface area contributed by atoms with Gasteiger partial charge in [-0.1, -0.05) is 97.1 Å². The predicted molar refractivity (Wildman–Crippen MR) is 157 cm³/mol. The lowest BCUT2D eigenvalue weighted by atomic mass is 10.2. The molecule has 5 aromatic carbocycles. The minimum absolute atomic E-state index is 0.799. The van der Waals surface area contributed by atoms with Crippen LogP contribution in [0.4, 0.5) is 0 Å². The van der Waals surface area contributed by atoms with Crippen LogP contribution >= 0.6 is 7.14 Å². The highest BCUT2D eigenvalue weighted by Gasteiger charge is 2.29. The molecule has 0 radical (unpaired) electrons. The summed E-state index contributed by atoms with van der Waals surface area (Å²) in [5, 5.41) is 9.58. The average Bonchev–Trinajstić information content (AvgIpc) is 3.61. The Balaban J connectivity index is 1.30. The van der Waals surface area contributed by atoms with Crippen molar-refractivity contribution in [3.05, 3.63) is 146 Å². The van der Waals surface area contributed by atoms with E-state index in [1.54, 1.807) is 0 Å². The predicted octanol–water partition coefficient (Wildman–Crippen LogP) is 6.61. The zero-order chi connectivity index (χ0) is 25.5. The van der Waals surface area contributed by atoms with Gasteiger partial charge in [0, 0.05) is 26.7 Å². The smallest absolute Gasteiger partial charge is 0.171 e. The molecular formula is C33H24N3OP. The van der Waals surface area contributed by atoms with Gasteiger partial charge in [0.05, 0.1) is 34.8 Å². The van der Waals surface area contributed by atoms with Gasteiger partial charge >= 0.3 is 0 Å². The molecule has 4 nitrogen and oxygen atoms in total. The fourth-order valence-corrected chi connectivity index (χ4v) is 7.96. The first kappa shape index (κ1) is 22.5. The Morgan fingerprint density at radius 2 is 0.974 bits per heavy atom. The second-order valence-electron chi connectivity index (χ2n) is 9.31. The van der Waals surface area contributed by atoms with E-state index in [-0.39, 0.29) is 0 Å². The van der Waals surface area contributed by atoms with Crippen LogP contribution in [0.25, 0.3) is 33.2 Å². The summed E-state index contributed by atoms with van der Waals surface area (Å²) in [6, 6.07) is 44.3. The van der Waals surface area contributed by atoms with E-state index in [4.69, 9.17) is 5.10 Å². The molecule has 182 valence electrons. The lowest BCUT2D eigenvalue weighted by Crippen LogP contribution is -2.25. The molecule has 7 rings (SSSR count). The summed E-state index contributed by atoms with van der Waals surface area (Å²) in [7, 11) is -3.01. The quantitative estimate of drug-likeness (QED) is 0.245. The third kappa shape index (κ3) is 3.53. The van der Waals surface area contributed by atoms with Crippen LogP contribution in [0.15, 0.2) is 146 Å². The Kier molecular flexibility index (Phi) is 5.35. The van der Waals surface area contributed by atoms with Crippen molar-refractivity contribution in [2.45, 2.75) is 0 Å². The van der Waals surface area contributed by atoms with E-state index in [0.717, 1.165) is 38.3 Å². The van der Waals surface area contributed by atoms with Gasteiger partial charge < -0.3 is 9.13 Å². The molecule has 0 atom stereocenters. The zero-order valence-electron chi connectivity index (χ0n) is 20.6. The monoisotopic (exact) mass is 509 g/mol. The fraction of sp³-hybridized carbons (Fsp3) is 0. The molecule has 0 N–H and O–H groups in total. The molecule has 0 aliphatic rings. The van der Waals surface area contributed by atoms with Crippen molar-refractivity contribution in [3.8, 4) is 11.4 Å². The maximum atomic E-state index is 14.6. The van der Waals surface area contributed by atoms with E-state index in [1.807, 2.05) is 102 Å². The maximum Gasteiger partial charge on any atom is 0.171 e. The number of hydrogen-bond acceptors (Lipinski definition) is 2. The minimum atomic E-state index is -3.01. The van der Waals surface area contributed by atoms with Crippen molar-refractivity contribution in [1.29, 1.82) is 0 Å². The molecule has 2 aromatic heterocycles. The van der Waals surface area contributed by atoms with E-state index in [0.29, 0.717) is 0 Å². The number of benzene rings is 5. The first-order chi connectivity index (χ1) is 18.7. The average molecular weight is 510 g/mol. The number of aromatic nitrogens is 3. The summed E-state index contributed by atoms with van der Waals surface area (Å²) < 4.78 is 18.8. The molecular weight excluding hydrogens is 485 g/mol. The van der Waals surface area contributed by atoms with E-state index in [1.165, 1.54) is 10.8 Å². The Morgan fingerprint density at radius 3 is 1.53 bits per heavy atom. The van der Waals surface area contributed by atoms with Crippen LogP contribution < -0.4 is 15.9 Å². The van der Waals surface area contributed by atoms with Crippen molar-refractivity contribution in [3.63, 3.8) is 0 Å². The molecule has 7 aromatic rings. The molecule has 0 bridgehead atoms. The van der Waals surface area contributed by atoms with E-state index in [9.17, 15) is 4.57 Å². The van der Waals surface area contributed by atoms with E-state index in [2.05, 4.69) is 53.1 Å². The molecule has 38 heavy (non-hydrogen) atoms. The van der Waals surface area contributed by atoms with Crippen LogP contribution in [0.2, 0.25) is 0 Å². The van der Waals surface area contributed by atoms with E-state index < -0.39 is 7.14 Å². The molecule has 2 heterocycles. The van der Waals surface area contributed by atoms with Gasteiger partial charge in [-0.15, -0.1) is 0 Å². The van der Waals surface area contributed by atoms with Gasteiger partial charge in [-0.25, -0.2) is 4.68 Å². The van der Waals surface area contributed by atoms with E-state index >= 15 is 0 Å². The third-order valence-corrected chi connectivity index (χ3v) is 10.2. The normalized spacial score (nSPS) is 11.8. The molecule has 0 fully saturated rings. The molecule has 0 spiro atoms. The first-order valence-electron chi connectivity index (χ1n) is 12.6. The van der Waals surface area contributed by atoms with Crippen molar-refractivity contribution >= 4 is 44.9 Å². The molecule has 0 unspecified atom stereocenters. The highest BCUT2D eigenvalue weighted by Crippen LogP contribution is 2.42. The van der Waals surface area contributed by atoms with Crippen LogP contribution in [0.1, 0.15) is 0 Å². The number of nitrogens with zero attached hydrogens (tertiary/aromatic N) is 3. The van der Waals surface area contributed by atoms with Gasteiger partial charge in [0.25, 0.3) is 0 Å². The standard InChI is InChI=1S/C33H24N3OP/c37-38(27-11-3-1-4-12-27,28-13-5-2-6-14-28)29-21-19-25(20-22-29)35-24-26(23-34-35)36-32-17-9-7-15-30(32)31-16-8-10-18-33(31)36/h1-24H. The Bertz CT molecular complexity index is 1840. The van der Waals surface area contributed by atoms with Gasteiger partial charge in [0.1, 0.15) is 0 Å². The summed E-state index contributed by atoms with van der Waals surface area (Å²) >= 11 is 0. The topological polar surface area (TPSA) is 39.8 Å². The van der Waals surface area contributed by atoms with Crippen LogP contribution in [-0.4, -0.2) is 14.3 Å². The summed E-state index contributed by atoms with van der Waals surface area (Å²) in [5.74, 6) is 0. The zero-order valence-corrected chi connectivity index (χ0v) is 21.4. The number of fused-ring (bicyclic) bond motifs is 3. The van der Waals surface area contributed by atoms with Gasteiger partial charge in [-0.2, -0.15) is 5.10 Å². The summed E-state index contributed by atoms with van der Waals surface area (Å²) in [6.07, 6.45) is 3.94. The van der Waals surface area contributed by atoms with Crippen LogP contribution in [0.3, 0.4) is 0 Å². The van der Waals surface area contributed by atoms with Gasteiger partial charge in [0.2, 0.25) is 0 Å². The summed E-state index contributed by atoms with van der Waals surface area (Å²) in [5.41, 5.74) is 4.20. The van der Waals surface area contributed by atoms with Crippen molar-refractivity contribution in [2.24, 2.45) is 0 Å². The molecule has 0 aliphatic carbocycles. The van der Waals surface area contributed by atoms with Crippen LogP contribution in [-0.2, 0) is 4.57 Å². The summed E-state index contributed by atoms with van der Waals surface area (Å²) in [4.78, 5) is 0. The number of rotatable bonds is 5. The Labute approximate surface area is 220 Å². The molecule has 0 amide bonds. The lowest BCUT2D eigenvalue weighted by molar-refractivity contribution is 0.592. The highest BCUT2D eigenvalue weighted by atomic mass is 31.2. The van der Waals surface area contributed by atoms with Crippen molar-refractivity contribution in [1.82, 2.24) is 14.3 Å². The number of para-hydroxylation sites is 2.